The van der Waals surface area contributed by atoms with Gasteiger partial charge in [-0.15, -0.1) is 0 Å². The number of rotatable bonds is 5. The van der Waals surface area contributed by atoms with Gasteiger partial charge in [0.2, 0.25) is 0 Å². The number of carbonyl (C=O) groups is 3. The van der Waals surface area contributed by atoms with E-state index in [0.717, 1.165) is 11.3 Å². The molecule has 3 aliphatic rings. The van der Waals surface area contributed by atoms with Gasteiger partial charge in [0.25, 0.3) is 0 Å². The van der Waals surface area contributed by atoms with E-state index in [2.05, 4.69) is 0 Å². The Labute approximate surface area is 242 Å². The van der Waals surface area contributed by atoms with Crippen LogP contribution >= 0.6 is 0 Å². The molecule has 0 saturated carbocycles. The molecule has 6 nitrogen and oxygen atoms in total. The highest BCUT2D eigenvalue weighted by Crippen LogP contribution is 2.62. The standard InChI is InChI=1S/C35H26FNO5/c1-41-23-16-17-28(42-2)26(19-23)30-31(32(38)21-11-14-22(36)15-12-21)37-27-10-6-3-7-20(27)13-18-29(37)35(30)33(39)24-8-4-5-9-25(24)34(35)40/h3-19,29-31H,1-2H3/t29-,30-,31-/m1/s1. The molecule has 42 heavy (non-hydrogen) atoms. The third kappa shape index (κ3) is 3.40. The summed E-state index contributed by atoms with van der Waals surface area (Å²) in [6, 6.07) is 23.2. The SMILES string of the molecule is COc1ccc(OC)c([C@@H]2[C@H](C(=O)c3ccc(F)cc3)N3c4ccccc4C=C[C@@H]3C23C(=O)c2ccccc2C3=O)c1. The van der Waals surface area contributed by atoms with Gasteiger partial charge in [0.15, 0.2) is 17.3 Å². The van der Waals surface area contributed by atoms with Crippen LogP contribution in [0.2, 0.25) is 0 Å². The average molecular weight is 560 g/mol. The molecule has 1 fully saturated rings. The quantitative estimate of drug-likeness (QED) is 0.216. The fraction of sp³-hybridized carbons (Fsp3) is 0.171. The van der Waals surface area contributed by atoms with Gasteiger partial charge in [-0.1, -0.05) is 54.6 Å². The van der Waals surface area contributed by atoms with Crippen LogP contribution in [0.25, 0.3) is 6.08 Å². The first-order valence-corrected chi connectivity index (χ1v) is 13.7. The maximum absolute atomic E-state index is 14.8. The highest BCUT2D eigenvalue weighted by atomic mass is 19.1. The summed E-state index contributed by atoms with van der Waals surface area (Å²) in [6.45, 7) is 0. The van der Waals surface area contributed by atoms with Crippen molar-refractivity contribution in [2.45, 2.75) is 18.0 Å². The molecule has 0 unspecified atom stereocenters. The van der Waals surface area contributed by atoms with Crippen LogP contribution in [0, 0.1) is 11.2 Å². The smallest absolute Gasteiger partial charge is 0.185 e. The summed E-state index contributed by atoms with van der Waals surface area (Å²) in [7, 11) is 3.04. The lowest BCUT2D eigenvalue weighted by atomic mass is 9.64. The summed E-state index contributed by atoms with van der Waals surface area (Å²) in [5.41, 5.74) is 1.33. The topological polar surface area (TPSA) is 72.9 Å². The number of anilines is 1. The number of hydrogen-bond donors (Lipinski definition) is 0. The van der Waals surface area contributed by atoms with E-state index in [-0.39, 0.29) is 22.9 Å². The van der Waals surface area contributed by atoms with Crippen LogP contribution in [-0.2, 0) is 0 Å². The van der Waals surface area contributed by atoms with Crippen molar-refractivity contribution in [2.75, 3.05) is 19.1 Å². The lowest BCUT2D eigenvalue weighted by molar-refractivity contribution is 0.0664. The first-order valence-electron chi connectivity index (χ1n) is 13.7. The predicted molar refractivity (Wildman–Crippen MR) is 156 cm³/mol. The first kappa shape index (κ1) is 25.9. The van der Waals surface area contributed by atoms with Gasteiger partial charge in [0, 0.05) is 33.9 Å². The highest BCUT2D eigenvalue weighted by Gasteiger charge is 2.72. The Morgan fingerprint density at radius 3 is 2.17 bits per heavy atom. The second kappa shape index (κ2) is 9.52. The van der Waals surface area contributed by atoms with Crippen LogP contribution < -0.4 is 14.4 Å². The summed E-state index contributed by atoms with van der Waals surface area (Å²) in [5.74, 6) is -1.56. The minimum Gasteiger partial charge on any atom is -0.497 e. The van der Waals surface area contributed by atoms with Gasteiger partial charge in [0.1, 0.15) is 28.8 Å². The van der Waals surface area contributed by atoms with Gasteiger partial charge in [-0.05, 0) is 54.1 Å². The Morgan fingerprint density at radius 2 is 1.50 bits per heavy atom. The molecule has 4 aromatic rings. The van der Waals surface area contributed by atoms with Crippen molar-refractivity contribution in [2.24, 2.45) is 5.41 Å². The molecule has 0 aromatic heterocycles. The van der Waals surface area contributed by atoms with Crippen molar-refractivity contribution in [3.63, 3.8) is 0 Å². The molecule has 1 aliphatic carbocycles. The lowest BCUT2D eigenvalue weighted by Crippen LogP contribution is -2.48. The van der Waals surface area contributed by atoms with E-state index in [4.69, 9.17) is 9.47 Å². The maximum Gasteiger partial charge on any atom is 0.185 e. The third-order valence-electron chi connectivity index (χ3n) is 8.88. The number of fused-ring (bicyclic) bond motifs is 5. The lowest BCUT2D eigenvalue weighted by Gasteiger charge is -2.37. The predicted octanol–water partition coefficient (Wildman–Crippen LogP) is 6.16. The summed E-state index contributed by atoms with van der Waals surface area (Å²) in [5, 5.41) is 0. The molecule has 2 heterocycles. The van der Waals surface area contributed by atoms with Crippen molar-refractivity contribution in [3.8, 4) is 11.5 Å². The molecule has 0 amide bonds. The zero-order valence-electron chi connectivity index (χ0n) is 22.9. The Balaban J connectivity index is 1.58. The minimum atomic E-state index is -1.69. The van der Waals surface area contributed by atoms with Crippen LogP contribution in [0.4, 0.5) is 10.1 Å². The Kier molecular flexibility index (Phi) is 5.87. The molecule has 4 aromatic carbocycles. The van der Waals surface area contributed by atoms with Gasteiger partial charge >= 0.3 is 0 Å². The summed E-state index contributed by atoms with van der Waals surface area (Å²) >= 11 is 0. The Morgan fingerprint density at radius 1 is 0.833 bits per heavy atom. The Hall–Kier alpha value is -5.04. The Bertz CT molecular complexity index is 1780. The van der Waals surface area contributed by atoms with Gasteiger partial charge in [-0.3, -0.25) is 14.4 Å². The number of nitrogens with zero attached hydrogens (tertiary/aromatic N) is 1. The second-order valence-electron chi connectivity index (χ2n) is 10.7. The number of benzene rings is 4. The van der Waals surface area contributed by atoms with E-state index >= 15 is 0 Å². The van der Waals surface area contributed by atoms with Gasteiger partial charge in [0.05, 0.1) is 20.3 Å². The van der Waals surface area contributed by atoms with Gasteiger partial charge < -0.3 is 14.4 Å². The molecule has 7 heteroatoms. The average Bonchev–Trinajstić information content (AvgIpc) is 3.46. The molecule has 208 valence electrons. The third-order valence-corrected chi connectivity index (χ3v) is 8.88. The highest BCUT2D eigenvalue weighted by molar-refractivity contribution is 6.32. The van der Waals surface area contributed by atoms with Crippen molar-refractivity contribution < 1.29 is 28.2 Å². The van der Waals surface area contributed by atoms with E-state index in [0.29, 0.717) is 28.2 Å². The molecule has 1 saturated heterocycles. The van der Waals surface area contributed by atoms with Gasteiger partial charge in [-0.25, -0.2) is 4.39 Å². The molecule has 1 spiro atoms. The van der Waals surface area contributed by atoms with Crippen LogP contribution in [0.15, 0.2) is 97.1 Å². The zero-order chi connectivity index (χ0) is 29.2. The molecular formula is C35H26FNO5. The molecule has 3 atom stereocenters. The zero-order valence-corrected chi connectivity index (χ0v) is 22.9. The molecule has 0 bridgehead atoms. The summed E-state index contributed by atoms with van der Waals surface area (Å²) < 4.78 is 25.3. The van der Waals surface area contributed by atoms with E-state index in [1.165, 1.54) is 38.5 Å². The van der Waals surface area contributed by atoms with E-state index in [1.54, 1.807) is 42.5 Å². The molecular weight excluding hydrogens is 533 g/mol. The fourth-order valence-electron chi connectivity index (χ4n) is 7.13. The first-order chi connectivity index (χ1) is 20.4. The number of carbonyl (C=O) groups excluding carboxylic acids is 3. The van der Waals surface area contributed by atoms with Gasteiger partial charge in [-0.2, -0.15) is 0 Å². The van der Waals surface area contributed by atoms with Crippen molar-refractivity contribution >= 4 is 29.1 Å². The summed E-state index contributed by atoms with van der Waals surface area (Å²) in [6.07, 6.45) is 3.77. The van der Waals surface area contributed by atoms with E-state index in [9.17, 15) is 18.8 Å². The number of hydrogen-bond acceptors (Lipinski definition) is 6. The molecule has 0 N–H and O–H groups in total. The van der Waals surface area contributed by atoms with Crippen LogP contribution in [0.1, 0.15) is 48.1 Å². The maximum atomic E-state index is 14.8. The second-order valence-corrected chi connectivity index (χ2v) is 10.7. The van der Waals surface area contributed by atoms with E-state index in [1.807, 2.05) is 41.3 Å². The van der Waals surface area contributed by atoms with E-state index < -0.39 is 29.2 Å². The number of Topliss-reactive ketones (excluding diaryl/α,β-unsaturated/α-hetero) is 3. The fourth-order valence-corrected chi connectivity index (χ4v) is 7.13. The summed E-state index contributed by atoms with van der Waals surface area (Å²) in [4.78, 5) is 46.2. The number of para-hydroxylation sites is 1. The number of methoxy groups -OCH3 is 2. The number of ketones is 3. The molecule has 0 radical (unpaired) electrons. The molecule has 2 aliphatic heterocycles. The van der Waals surface area contributed by atoms with Crippen molar-refractivity contribution in [3.05, 3.63) is 131 Å². The van der Waals surface area contributed by atoms with Crippen LogP contribution in [0.3, 0.4) is 0 Å². The number of ether oxygens (including phenoxy) is 2. The minimum absolute atomic E-state index is 0.270. The number of halogens is 1. The van der Waals surface area contributed by atoms with Crippen LogP contribution in [0.5, 0.6) is 11.5 Å². The normalized spacial score (nSPS) is 21.2. The monoisotopic (exact) mass is 559 g/mol. The van der Waals surface area contributed by atoms with Crippen molar-refractivity contribution in [1.82, 2.24) is 0 Å². The van der Waals surface area contributed by atoms with Crippen molar-refractivity contribution in [1.29, 1.82) is 0 Å². The molecule has 7 rings (SSSR count). The van der Waals surface area contributed by atoms with Crippen LogP contribution in [-0.4, -0.2) is 43.7 Å². The largest absolute Gasteiger partial charge is 0.497 e.